The van der Waals surface area contributed by atoms with Crippen LogP contribution in [-0.2, 0) is 47.7 Å². The summed E-state index contributed by atoms with van der Waals surface area (Å²) in [7, 11) is 4.72. The summed E-state index contributed by atoms with van der Waals surface area (Å²) in [5.41, 5.74) is 7.36. The Kier molecular flexibility index (Phi) is 32.5. The summed E-state index contributed by atoms with van der Waals surface area (Å²) in [4.78, 5) is 70.3. The van der Waals surface area contributed by atoms with Crippen molar-refractivity contribution in [2.75, 3.05) is 107 Å². The molecule has 21 heteroatoms. The Bertz CT molecular complexity index is 1390. The molecule has 0 saturated heterocycles. The van der Waals surface area contributed by atoms with Gasteiger partial charge in [-0.3, -0.25) is 14.4 Å². The van der Waals surface area contributed by atoms with Crippen LogP contribution in [0.5, 0.6) is 0 Å². The van der Waals surface area contributed by atoms with Gasteiger partial charge in [0, 0.05) is 78.2 Å². The fourth-order valence-electron chi connectivity index (χ4n) is 4.92. The number of benzene rings is 1. The summed E-state index contributed by atoms with van der Waals surface area (Å²) in [6, 6.07) is 6.73. The van der Waals surface area contributed by atoms with Crippen molar-refractivity contribution < 1.29 is 62.1 Å². The van der Waals surface area contributed by atoms with Crippen LogP contribution in [0, 0.1) is 0 Å². The van der Waals surface area contributed by atoms with Crippen LogP contribution in [0.4, 0.5) is 9.59 Å². The third kappa shape index (κ3) is 29.7. The van der Waals surface area contributed by atoms with E-state index >= 15 is 0 Å². The number of methoxy groups -OCH3 is 2. The smallest absolute Gasteiger partial charge is 0.407 e. The average molecular weight is 869 g/mol. The number of nitrogens with one attached hydrogen (secondary N) is 5. The summed E-state index contributed by atoms with van der Waals surface area (Å²) in [6.45, 7) is 5.31. The molecule has 5 amide bonds. The molecule has 0 aromatic heterocycles. The Morgan fingerprint density at radius 1 is 0.705 bits per heavy atom. The number of amides is 5. The van der Waals surface area contributed by atoms with Crippen LogP contribution in [0.1, 0.15) is 74.2 Å². The van der Waals surface area contributed by atoms with Crippen molar-refractivity contribution in [2.24, 2.45) is 16.0 Å². The molecular weight excluding hydrogens is 800 g/mol. The van der Waals surface area contributed by atoms with Gasteiger partial charge < -0.3 is 70.4 Å². The predicted octanol–water partition coefficient (Wildman–Crippen LogP) is 1.62. The summed E-state index contributed by atoms with van der Waals surface area (Å²) in [5.74, 6) is -0.717. The molecule has 0 fully saturated rings. The van der Waals surface area contributed by atoms with Gasteiger partial charge in [-0.2, -0.15) is 0 Å². The van der Waals surface area contributed by atoms with Gasteiger partial charge in [-0.15, -0.1) is 0 Å². The van der Waals surface area contributed by atoms with Crippen molar-refractivity contribution in [2.45, 2.75) is 70.4 Å². The van der Waals surface area contributed by atoms with Crippen LogP contribution in [0.3, 0.4) is 0 Å². The Morgan fingerprint density at radius 3 is 1.98 bits per heavy atom. The first-order valence-electron chi connectivity index (χ1n) is 20.5. The van der Waals surface area contributed by atoms with Gasteiger partial charge in [0.05, 0.1) is 31.6 Å². The summed E-state index contributed by atoms with van der Waals surface area (Å²) in [5, 5.41) is 21.7. The first-order chi connectivity index (χ1) is 29.6. The molecule has 0 unspecified atom stereocenters. The molecule has 0 aliphatic heterocycles. The third-order valence-electron chi connectivity index (χ3n) is 8.33. The van der Waals surface area contributed by atoms with E-state index in [1.165, 1.54) is 14.2 Å². The van der Waals surface area contributed by atoms with Crippen LogP contribution in [0.25, 0.3) is 0 Å². The van der Waals surface area contributed by atoms with Gasteiger partial charge >= 0.3 is 12.2 Å². The van der Waals surface area contributed by atoms with Crippen LogP contribution < -0.4 is 32.3 Å². The van der Waals surface area contributed by atoms with Gasteiger partial charge in [-0.05, 0) is 70.2 Å². The number of unbranched alkanes of at least 4 members (excludes halogenated alkanes) is 2. The molecule has 0 saturated carbocycles. The molecule has 1 atom stereocenters. The van der Waals surface area contributed by atoms with Gasteiger partial charge in [0.25, 0.3) is 5.91 Å². The zero-order chi connectivity index (χ0) is 44.8. The second-order valence-corrected chi connectivity index (χ2v) is 13.3. The van der Waals surface area contributed by atoms with Crippen molar-refractivity contribution >= 4 is 41.8 Å². The molecule has 1 aromatic rings. The second-order valence-electron chi connectivity index (χ2n) is 13.3. The minimum atomic E-state index is -0.732. The number of oxime groups is 2. The van der Waals surface area contributed by atoms with Gasteiger partial charge in [0.1, 0.15) is 32.5 Å². The number of ether oxygens (including phenoxy) is 6. The Morgan fingerprint density at radius 2 is 1.34 bits per heavy atom. The van der Waals surface area contributed by atoms with Gasteiger partial charge in [-0.1, -0.05) is 22.4 Å². The molecule has 1 rings (SSSR count). The van der Waals surface area contributed by atoms with Crippen LogP contribution in [0.2, 0.25) is 0 Å². The van der Waals surface area contributed by atoms with Crippen molar-refractivity contribution in [3.8, 4) is 0 Å². The highest BCUT2D eigenvalue weighted by Gasteiger charge is 2.16. The van der Waals surface area contributed by atoms with E-state index in [1.54, 1.807) is 25.4 Å². The Labute approximate surface area is 358 Å². The largest absolute Gasteiger partial charge is 0.447 e. The average Bonchev–Trinajstić information content (AvgIpc) is 3.25. The number of primary amides is 1. The van der Waals surface area contributed by atoms with E-state index in [4.69, 9.17) is 43.8 Å². The van der Waals surface area contributed by atoms with Crippen molar-refractivity contribution in [3.05, 3.63) is 35.4 Å². The van der Waals surface area contributed by atoms with E-state index in [0.717, 1.165) is 24.8 Å². The number of hydrogen-bond acceptors (Lipinski definition) is 16. The van der Waals surface area contributed by atoms with E-state index in [-0.39, 0.29) is 63.1 Å². The lowest BCUT2D eigenvalue weighted by Crippen LogP contribution is -2.39. The standard InChI is InChI=1S/C40H68N8O13/c1-31(32-13-15-33(16-14-32)38(51)44-17-6-5-11-35(42-2)37(41)50)48-61-25-10-24-60-47-18-7-8-22-56-28-21-43-36(49)12-9-23-57-34(29-58-39(52)45-19-26-54-3)30-59-40(53)46-20-27-55-4/h13-16,18,34-35,42H,5-12,17,19-30H2,1-4H3,(H2,41,50)(H,43,49)(H,44,51)(H,45,52)(H,46,53)/b47-18-,48-31-/t35-/m0/s1. The molecule has 0 spiro atoms. The van der Waals surface area contributed by atoms with Crippen molar-refractivity contribution in [3.63, 3.8) is 0 Å². The lowest BCUT2D eigenvalue weighted by atomic mass is 10.1. The summed E-state index contributed by atoms with van der Waals surface area (Å²) >= 11 is 0. The number of carbonyl (C=O) groups is 5. The molecule has 7 N–H and O–H groups in total. The molecule has 346 valence electrons. The van der Waals surface area contributed by atoms with Crippen molar-refractivity contribution in [1.29, 1.82) is 0 Å². The highest BCUT2D eigenvalue weighted by molar-refractivity contribution is 6.00. The topological polar surface area (TPSA) is 270 Å². The maximum absolute atomic E-state index is 12.4. The number of likely N-dealkylation sites (N-methyl/N-ethyl adjacent to an activating group) is 1. The van der Waals surface area contributed by atoms with Crippen LogP contribution in [0.15, 0.2) is 34.6 Å². The number of carbonyl (C=O) groups excluding carboxylic acids is 5. The quantitative estimate of drug-likeness (QED) is 0.0315. The summed E-state index contributed by atoms with van der Waals surface area (Å²) < 4.78 is 31.3. The number of nitrogens with zero attached hydrogens (tertiary/aromatic N) is 2. The molecule has 0 bridgehead atoms. The predicted molar refractivity (Wildman–Crippen MR) is 226 cm³/mol. The first kappa shape index (κ1) is 53.9. The number of alkyl carbamates (subject to hydrolysis) is 2. The van der Waals surface area contributed by atoms with E-state index in [2.05, 4.69) is 36.9 Å². The minimum Gasteiger partial charge on any atom is -0.447 e. The van der Waals surface area contributed by atoms with Crippen LogP contribution in [-0.4, -0.2) is 161 Å². The zero-order valence-corrected chi connectivity index (χ0v) is 36.2. The van der Waals surface area contributed by atoms with E-state index in [0.29, 0.717) is 89.7 Å². The molecule has 0 radical (unpaired) electrons. The fourth-order valence-corrected chi connectivity index (χ4v) is 4.92. The molecule has 1 aromatic carbocycles. The Hall–Kier alpha value is -5.09. The fraction of sp³-hybridized carbons (Fsp3) is 0.675. The summed E-state index contributed by atoms with van der Waals surface area (Å²) in [6.07, 6.45) is 4.32. The monoisotopic (exact) mass is 868 g/mol. The van der Waals surface area contributed by atoms with Crippen LogP contribution >= 0.6 is 0 Å². The highest BCUT2D eigenvalue weighted by atomic mass is 16.6. The molecule has 0 aliphatic carbocycles. The van der Waals surface area contributed by atoms with Gasteiger partial charge in [-0.25, -0.2) is 9.59 Å². The maximum atomic E-state index is 12.4. The number of hydrogen-bond donors (Lipinski definition) is 6. The normalized spacial score (nSPS) is 11.9. The van der Waals surface area contributed by atoms with Crippen molar-refractivity contribution in [1.82, 2.24) is 26.6 Å². The lowest BCUT2D eigenvalue weighted by Gasteiger charge is -2.18. The minimum absolute atomic E-state index is 0.160. The number of rotatable bonds is 37. The SMILES string of the molecule is CN[C@@H](CCCCNC(=O)c1ccc(/C(C)=N\OCCCO/N=C\CCCOCCNC(=O)CCCOC(COC(=O)NCCOC)COC(=O)NCCOC)cc1)C(N)=O. The third-order valence-corrected chi connectivity index (χ3v) is 8.33. The molecule has 21 nitrogen and oxygen atoms in total. The molecule has 61 heavy (non-hydrogen) atoms. The van der Waals surface area contributed by atoms with Gasteiger partial charge in [0.15, 0.2) is 0 Å². The molecular formula is C40H68N8O13. The maximum Gasteiger partial charge on any atom is 0.407 e. The van der Waals surface area contributed by atoms with E-state index in [9.17, 15) is 24.0 Å². The zero-order valence-electron chi connectivity index (χ0n) is 36.2. The van der Waals surface area contributed by atoms with E-state index in [1.807, 2.05) is 19.1 Å². The highest BCUT2D eigenvalue weighted by Crippen LogP contribution is 2.08. The molecule has 0 heterocycles. The van der Waals surface area contributed by atoms with E-state index < -0.39 is 18.3 Å². The first-order valence-corrected chi connectivity index (χ1v) is 20.5. The number of nitrogens with two attached hydrogens (primary N) is 1. The Balaban J connectivity index is 2.11. The van der Waals surface area contributed by atoms with Gasteiger partial charge in [0.2, 0.25) is 11.8 Å². The lowest BCUT2D eigenvalue weighted by molar-refractivity contribution is -0.122. The molecule has 0 aliphatic rings. The second kappa shape index (κ2) is 36.7.